The van der Waals surface area contributed by atoms with Gasteiger partial charge in [-0.1, -0.05) is 18.2 Å². The Kier molecular flexibility index (Phi) is 4.66. The molecule has 134 valence electrons. The predicted octanol–water partition coefficient (Wildman–Crippen LogP) is 4.05. The molecule has 1 aliphatic rings. The highest BCUT2D eigenvalue weighted by Gasteiger charge is 2.28. The summed E-state index contributed by atoms with van der Waals surface area (Å²) in [6, 6.07) is 14.0. The minimum Gasteiger partial charge on any atom is -0.382 e. The van der Waals surface area contributed by atoms with Gasteiger partial charge in [-0.2, -0.15) is 5.26 Å². The van der Waals surface area contributed by atoms with Crippen molar-refractivity contribution in [2.24, 2.45) is 4.99 Å². The molecule has 0 saturated heterocycles. The monoisotopic (exact) mass is 393 g/mol. The van der Waals surface area contributed by atoms with Gasteiger partial charge < -0.3 is 11.1 Å². The van der Waals surface area contributed by atoms with E-state index in [1.165, 1.54) is 6.33 Å². The quantitative estimate of drug-likeness (QED) is 0.645. The molecule has 3 aromatic rings. The van der Waals surface area contributed by atoms with Crippen LogP contribution in [0.4, 0.5) is 22.3 Å². The molecular weight excluding hydrogens is 378 g/mol. The summed E-state index contributed by atoms with van der Waals surface area (Å²) in [5, 5.41) is 15.6. The Morgan fingerprint density at radius 1 is 1.22 bits per heavy atom. The van der Waals surface area contributed by atoms with Crippen LogP contribution >= 0.6 is 23.3 Å². The highest BCUT2D eigenvalue weighted by Crippen LogP contribution is 2.43. The number of anilines is 3. The molecule has 0 fully saturated rings. The number of nitrogens with one attached hydrogen (secondary N) is 1. The summed E-state index contributed by atoms with van der Waals surface area (Å²) in [6.45, 7) is 1.98. The molecule has 1 unspecified atom stereocenters. The third kappa shape index (κ3) is 3.32. The molecule has 0 saturated carbocycles. The molecule has 1 atom stereocenters. The molecule has 9 heteroatoms. The average Bonchev–Trinajstić information content (AvgIpc) is 3.15. The highest BCUT2D eigenvalue weighted by molar-refractivity contribution is 8.01. The highest BCUT2D eigenvalue weighted by atomic mass is 32.2. The van der Waals surface area contributed by atoms with E-state index in [-0.39, 0.29) is 17.4 Å². The van der Waals surface area contributed by atoms with Crippen LogP contribution in [0.2, 0.25) is 0 Å². The molecular formula is C18H15N7S2. The average molecular weight is 394 g/mol. The minimum atomic E-state index is -0.214. The molecule has 0 spiro atoms. The van der Waals surface area contributed by atoms with Crippen molar-refractivity contribution >= 4 is 51.4 Å². The Labute approximate surface area is 164 Å². The maximum absolute atomic E-state index is 9.36. The zero-order valence-electron chi connectivity index (χ0n) is 14.3. The van der Waals surface area contributed by atoms with Gasteiger partial charge in [0.05, 0.1) is 16.6 Å². The van der Waals surface area contributed by atoms with E-state index in [0.717, 1.165) is 21.4 Å². The van der Waals surface area contributed by atoms with Gasteiger partial charge in [-0.3, -0.25) is 4.31 Å². The van der Waals surface area contributed by atoms with Crippen molar-refractivity contribution in [2.45, 2.75) is 17.9 Å². The van der Waals surface area contributed by atoms with Crippen LogP contribution in [0.3, 0.4) is 0 Å². The standard InChI is InChI=1S/C18H15N7S2/c1-11(23-16-13(9-19)15(20)21-10-22-16)17-24-18-14(7-8-26-18)27-25(17)12-5-3-2-4-6-12/h2-8,10-11H,1H3,(H3,20,21,22,23). The van der Waals surface area contributed by atoms with Crippen molar-refractivity contribution in [3.8, 4) is 6.07 Å². The lowest BCUT2D eigenvalue weighted by atomic mass is 10.2. The van der Waals surface area contributed by atoms with Crippen molar-refractivity contribution in [3.05, 3.63) is 53.7 Å². The van der Waals surface area contributed by atoms with E-state index in [4.69, 9.17) is 10.7 Å². The number of nitrogen functional groups attached to an aromatic ring is 1. The second-order valence-electron chi connectivity index (χ2n) is 5.74. The number of benzene rings is 1. The minimum absolute atomic E-state index is 0.155. The molecule has 0 amide bonds. The van der Waals surface area contributed by atoms with Crippen LogP contribution < -0.4 is 15.4 Å². The summed E-state index contributed by atoms with van der Waals surface area (Å²) >= 11 is 3.23. The molecule has 4 rings (SSSR count). The molecule has 0 radical (unpaired) electrons. The van der Waals surface area contributed by atoms with Gasteiger partial charge in [0.1, 0.15) is 40.4 Å². The summed E-state index contributed by atoms with van der Waals surface area (Å²) < 4.78 is 2.09. The zero-order chi connectivity index (χ0) is 18.8. The van der Waals surface area contributed by atoms with Crippen LogP contribution in [0, 0.1) is 11.3 Å². The number of nitrogens with two attached hydrogens (primary N) is 1. The number of aromatic nitrogens is 2. The fourth-order valence-corrected chi connectivity index (χ4v) is 4.62. The number of aliphatic imine (C=N–C) groups is 1. The van der Waals surface area contributed by atoms with E-state index >= 15 is 0 Å². The summed E-state index contributed by atoms with van der Waals surface area (Å²) in [7, 11) is 0. The molecule has 3 heterocycles. The molecule has 0 aliphatic carbocycles. The van der Waals surface area contributed by atoms with Crippen LogP contribution in [-0.4, -0.2) is 21.8 Å². The van der Waals surface area contributed by atoms with Crippen molar-refractivity contribution in [1.29, 1.82) is 5.26 Å². The number of nitriles is 1. The fourth-order valence-electron chi connectivity index (χ4n) is 2.64. The normalized spacial score (nSPS) is 14.1. The first-order valence-electron chi connectivity index (χ1n) is 8.13. The van der Waals surface area contributed by atoms with E-state index in [2.05, 4.69) is 31.7 Å². The van der Waals surface area contributed by atoms with Crippen LogP contribution in [0.15, 0.2) is 58.0 Å². The Morgan fingerprint density at radius 2 is 2.04 bits per heavy atom. The second-order valence-corrected chi connectivity index (χ2v) is 7.62. The third-order valence-corrected chi connectivity index (χ3v) is 5.99. The van der Waals surface area contributed by atoms with Crippen molar-refractivity contribution < 1.29 is 0 Å². The first-order valence-corrected chi connectivity index (χ1v) is 9.79. The largest absolute Gasteiger partial charge is 0.382 e. The molecule has 3 N–H and O–H groups in total. The second kappa shape index (κ2) is 7.26. The smallest absolute Gasteiger partial charge is 0.150 e. The van der Waals surface area contributed by atoms with Gasteiger partial charge in [-0.05, 0) is 42.5 Å². The van der Waals surface area contributed by atoms with E-state index in [1.54, 1.807) is 23.3 Å². The summed E-state index contributed by atoms with van der Waals surface area (Å²) in [5.74, 6) is 1.38. The van der Waals surface area contributed by atoms with Gasteiger partial charge in [0, 0.05) is 0 Å². The van der Waals surface area contributed by atoms with Gasteiger partial charge in [-0.25, -0.2) is 15.0 Å². The topological polar surface area (TPSA) is 103 Å². The number of fused-ring (bicyclic) bond motifs is 1. The fraction of sp³-hybridized carbons (Fsp3) is 0.111. The van der Waals surface area contributed by atoms with Gasteiger partial charge >= 0.3 is 0 Å². The maximum Gasteiger partial charge on any atom is 0.150 e. The Balaban J connectivity index is 1.71. The number of thiophene rings is 1. The summed E-state index contributed by atoms with van der Waals surface area (Å²) in [5.41, 5.74) is 7.05. The van der Waals surface area contributed by atoms with Crippen LogP contribution in [0.25, 0.3) is 0 Å². The molecule has 1 aliphatic heterocycles. The molecule has 0 bridgehead atoms. The van der Waals surface area contributed by atoms with Gasteiger partial charge in [-0.15, -0.1) is 11.3 Å². The number of nitrogens with zero attached hydrogens (tertiary/aromatic N) is 5. The van der Waals surface area contributed by atoms with Crippen LogP contribution in [0.1, 0.15) is 12.5 Å². The maximum atomic E-state index is 9.36. The lowest BCUT2D eigenvalue weighted by molar-refractivity contribution is 0.995. The van der Waals surface area contributed by atoms with Gasteiger partial charge in [0.2, 0.25) is 0 Å². The number of hydrogen-bond acceptors (Lipinski definition) is 9. The number of para-hydroxylation sites is 1. The first-order chi connectivity index (χ1) is 13.2. The lowest BCUT2D eigenvalue weighted by Crippen LogP contribution is -2.39. The number of amidine groups is 1. The number of hydrogen-bond donors (Lipinski definition) is 2. The molecule has 7 nitrogen and oxygen atoms in total. The SMILES string of the molecule is CC(Nc1ncnc(N)c1C#N)C1=Nc2sccc2SN1c1ccccc1. The van der Waals surface area contributed by atoms with Crippen LogP contribution in [-0.2, 0) is 0 Å². The summed E-state index contributed by atoms with van der Waals surface area (Å²) in [6.07, 6.45) is 1.34. The zero-order valence-corrected chi connectivity index (χ0v) is 16.0. The Morgan fingerprint density at radius 3 is 2.81 bits per heavy atom. The number of rotatable bonds is 4. The van der Waals surface area contributed by atoms with Crippen LogP contribution in [0.5, 0.6) is 0 Å². The van der Waals surface area contributed by atoms with Gasteiger partial charge in [0.25, 0.3) is 0 Å². The van der Waals surface area contributed by atoms with Gasteiger partial charge in [0.15, 0.2) is 0 Å². The summed E-state index contributed by atoms with van der Waals surface area (Å²) in [4.78, 5) is 14.0. The lowest BCUT2D eigenvalue weighted by Gasteiger charge is -2.31. The molecule has 27 heavy (non-hydrogen) atoms. The van der Waals surface area contributed by atoms with E-state index < -0.39 is 0 Å². The van der Waals surface area contributed by atoms with E-state index in [0.29, 0.717) is 5.82 Å². The van der Waals surface area contributed by atoms with E-state index in [1.807, 2.05) is 42.6 Å². The van der Waals surface area contributed by atoms with Crippen molar-refractivity contribution in [3.63, 3.8) is 0 Å². The molecule has 1 aromatic carbocycles. The molecule has 2 aromatic heterocycles. The van der Waals surface area contributed by atoms with E-state index in [9.17, 15) is 5.26 Å². The predicted molar refractivity (Wildman–Crippen MR) is 110 cm³/mol. The Bertz CT molecular complexity index is 1040. The first kappa shape index (κ1) is 17.3. The van der Waals surface area contributed by atoms with Crippen molar-refractivity contribution in [1.82, 2.24) is 9.97 Å². The third-order valence-electron chi connectivity index (χ3n) is 3.94. The Hall–Kier alpha value is -3.09. The van der Waals surface area contributed by atoms with Crippen molar-refractivity contribution in [2.75, 3.05) is 15.4 Å².